The largest absolute Gasteiger partial charge is 0.493 e. The predicted molar refractivity (Wildman–Crippen MR) is 90.9 cm³/mol. The van der Waals surface area contributed by atoms with E-state index in [0.29, 0.717) is 0 Å². The molecule has 6 heteroatoms. The van der Waals surface area contributed by atoms with E-state index in [1.54, 1.807) is 11.3 Å². The molecule has 0 saturated heterocycles. The van der Waals surface area contributed by atoms with Crippen molar-refractivity contribution in [2.45, 2.75) is 19.5 Å². The van der Waals surface area contributed by atoms with E-state index in [0.717, 1.165) is 45.1 Å². The van der Waals surface area contributed by atoms with Crippen LogP contribution in [-0.2, 0) is 19.5 Å². The Kier molecular flexibility index (Phi) is 4.72. The second-order valence-corrected chi connectivity index (χ2v) is 8.10. The van der Waals surface area contributed by atoms with Gasteiger partial charge in [0.15, 0.2) is 0 Å². The summed E-state index contributed by atoms with van der Waals surface area (Å²) in [5.74, 6) is 1.05. The number of hydrogen-bond acceptors (Lipinski definition) is 3. The van der Waals surface area contributed by atoms with E-state index in [1.165, 1.54) is 16.0 Å². The third-order valence-electron chi connectivity index (χ3n) is 3.14. The molecule has 0 saturated carbocycles. The van der Waals surface area contributed by atoms with Crippen molar-refractivity contribution in [2.75, 3.05) is 6.61 Å². The van der Waals surface area contributed by atoms with E-state index in [2.05, 4.69) is 55.4 Å². The van der Waals surface area contributed by atoms with Crippen molar-refractivity contribution in [3.8, 4) is 5.75 Å². The number of fused-ring (bicyclic) bond motifs is 1. The first-order chi connectivity index (χ1) is 9.63. The topological polar surface area (TPSA) is 21.3 Å². The van der Waals surface area contributed by atoms with Crippen LogP contribution in [0.1, 0.15) is 16.0 Å². The Morgan fingerprint density at radius 2 is 2.10 bits per heavy atom. The second kappa shape index (κ2) is 6.36. The van der Waals surface area contributed by atoms with Crippen LogP contribution in [0.5, 0.6) is 5.75 Å². The third kappa shape index (κ3) is 3.22. The van der Waals surface area contributed by atoms with Gasteiger partial charge in [-0.25, -0.2) is 0 Å². The van der Waals surface area contributed by atoms with Gasteiger partial charge in [-0.2, -0.15) is 0 Å². The average molecular weight is 438 g/mol. The van der Waals surface area contributed by atoms with Crippen molar-refractivity contribution in [3.63, 3.8) is 0 Å². The Morgan fingerprint density at radius 3 is 2.85 bits per heavy atom. The summed E-state index contributed by atoms with van der Waals surface area (Å²) >= 11 is 14.6. The second-order valence-electron chi connectivity index (χ2n) is 4.59. The standard InChI is InChI=1S/C14H12Br2ClNOS/c15-10-3-8-1-2-19-13(8)9(4-10)6-18-7-11-5-12(16)14(17)20-11/h3-5,18H,1-2,6-7H2. The highest BCUT2D eigenvalue weighted by Crippen LogP contribution is 2.34. The maximum atomic E-state index is 6.04. The molecule has 1 aromatic carbocycles. The highest BCUT2D eigenvalue weighted by atomic mass is 79.9. The van der Waals surface area contributed by atoms with E-state index in [4.69, 9.17) is 16.3 Å². The van der Waals surface area contributed by atoms with E-state index < -0.39 is 0 Å². The van der Waals surface area contributed by atoms with Gasteiger partial charge in [-0.1, -0.05) is 27.5 Å². The Morgan fingerprint density at radius 1 is 1.25 bits per heavy atom. The number of nitrogens with one attached hydrogen (secondary N) is 1. The fraction of sp³-hybridized carbons (Fsp3) is 0.286. The van der Waals surface area contributed by atoms with Crippen molar-refractivity contribution in [3.05, 3.63) is 47.5 Å². The van der Waals surface area contributed by atoms with E-state index in [1.807, 2.05) is 0 Å². The lowest BCUT2D eigenvalue weighted by molar-refractivity contribution is 0.352. The minimum atomic E-state index is 0.784. The maximum absolute atomic E-state index is 6.04. The molecule has 0 unspecified atom stereocenters. The van der Waals surface area contributed by atoms with Crippen LogP contribution in [0, 0.1) is 0 Å². The molecule has 1 aromatic heterocycles. The molecule has 1 aliphatic heterocycles. The molecule has 106 valence electrons. The molecule has 3 rings (SSSR count). The van der Waals surface area contributed by atoms with Crippen molar-refractivity contribution in [2.24, 2.45) is 0 Å². The summed E-state index contributed by atoms with van der Waals surface area (Å²) in [4.78, 5) is 1.22. The zero-order valence-corrected chi connectivity index (χ0v) is 15.3. The predicted octanol–water partition coefficient (Wildman–Crippen LogP) is 5.15. The van der Waals surface area contributed by atoms with Crippen LogP contribution in [-0.4, -0.2) is 6.61 Å². The first-order valence-electron chi connectivity index (χ1n) is 6.22. The van der Waals surface area contributed by atoms with Crippen LogP contribution < -0.4 is 10.1 Å². The lowest BCUT2D eigenvalue weighted by Gasteiger charge is -2.09. The molecule has 2 heterocycles. The molecule has 0 fully saturated rings. The van der Waals surface area contributed by atoms with Gasteiger partial charge in [0.1, 0.15) is 10.1 Å². The summed E-state index contributed by atoms with van der Waals surface area (Å²) in [6, 6.07) is 6.32. The monoisotopic (exact) mass is 435 g/mol. The highest BCUT2D eigenvalue weighted by molar-refractivity contribution is 9.10. The number of hydrogen-bond donors (Lipinski definition) is 1. The quantitative estimate of drug-likeness (QED) is 0.714. The fourth-order valence-corrected chi connectivity index (χ4v) is 4.59. The van der Waals surface area contributed by atoms with Gasteiger partial charge < -0.3 is 10.1 Å². The van der Waals surface area contributed by atoms with Gasteiger partial charge in [0.2, 0.25) is 0 Å². The number of benzene rings is 1. The molecular formula is C14H12Br2ClNOS. The van der Waals surface area contributed by atoms with Crippen molar-refractivity contribution in [1.82, 2.24) is 5.32 Å². The van der Waals surface area contributed by atoms with E-state index in [-0.39, 0.29) is 0 Å². The van der Waals surface area contributed by atoms with Gasteiger partial charge in [-0.3, -0.25) is 0 Å². The third-order valence-corrected chi connectivity index (χ3v) is 6.07. The Hall–Kier alpha value is -0.0700. The molecule has 1 N–H and O–H groups in total. The van der Waals surface area contributed by atoms with E-state index in [9.17, 15) is 0 Å². The van der Waals surface area contributed by atoms with Gasteiger partial charge in [-0.05, 0) is 39.7 Å². The van der Waals surface area contributed by atoms with Crippen LogP contribution in [0.15, 0.2) is 27.1 Å². The molecular weight excluding hydrogens is 425 g/mol. The smallest absolute Gasteiger partial charge is 0.127 e. The average Bonchev–Trinajstić information content (AvgIpc) is 2.97. The molecule has 0 radical (unpaired) electrons. The SMILES string of the molecule is Clc1sc(CNCc2cc(Br)cc3c2OCC3)cc1Br. The van der Waals surface area contributed by atoms with Crippen molar-refractivity contribution in [1.29, 1.82) is 0 Å². The molecule has 0 aliphatic carbocycles. The normalized spacial score (nSPS) is 13.3. The Balaban J connectivity index is 1.67. The lowest BCUT2D eigenvalue weighted by Crippen LogP contribution is -2.12. The van der Waals surface area contributed by atoms with Crippen molar-refractivity contribution >= 4 is 54.8 Å². The maximum Gasteiger partial charge on any atom is 0.127 e. The van der Waals surface area contributed by atoms with Gasteiger partial charge >= 0.3 is 0 Å². The van der Waals surface area contributed by atoms with Crippen LogP contribution >= 0.6 is 54.8 Å². The summed E-state index contributed by atoms with van der Waals surface area (Å²) in [7, 11) is 0. The van der Waals surface area contributed by atoms with Crippen LogP contribution in [0.2, 0.25) is 4.34 Å². The van der Waals surface area contributed by atoms with Crippen LogP contribution in [0.3, 0.4) is 0 Å². The molecule has 2 aromatic rings. The highest BCUT2D eigenvalue weighted by Gasteiger charge is 2.17. The lowest BCUT2D eigenvalue weighted by atomic mass is 10.1. The molecule has 0 atom stereocenters. The zero-order valence-electron chi connectivity index (χ0n) is 10.5. The number of ether oxygens (including phenoxy) is 1. The number of thiophene rings is 1. The Bertz CT molecular complexity index is 625. The number of rotatable bonds is 4. The van der Waals surface area contributed by atoms with Gasteiger partial charge in [0.25, 0.3) is 0 Å². The summed E-state index contributed by atoms with van der Waals surface area (Å²) in [5.41, 5.74) is 2.49. The first kappa shape index (κ1) is 14.9. The summed E-state index contributed by atoms with van der Waals surface area (Å²) in [6.07, 6.45) is 0.995. The van der Waals surface area contributed by atoms with Crippen LogP contribution in [0.25, 0.3) is 0 Å². The van der Waals surface area contributed by atoms with Gasteiger partial charge in [0, 0.05) is 38.9 Å². The Labute approximate surface area is 143 Å². The molecule has 1 aliphatic rings. The fourth-order valence-electron chi connectivity index (χ4n) is 2.28. The van der Waals surface area contributed by atoms with Crippen LogP contribution in [0.4, 0.5) is 0 Å². The zero-order chi connectivity index (χ0) is 14.1. The van der Waals surface area contributed by atoms with Gasteiger partial charge in [-0.15, -0.1) is 11.3 Å². The molecule has 0 amide bonds. The van der Waals surface area contributed by atoms with Gasteiger partial charge in [0.05, 0.1) is 6.61 Å². The number of halogens is 3. The molecule has 20 heavy (non-hydrogen) atoms. The summed E-state index contributed by atoms with van der Waals surface area (Å²) in [5, 5.41) is 3.45. The summed E-state index contributed by atoms with van der Waals surface area (Å²) in [6.45, 7) is 2.37. The minimum absolute atomic E-state index is 0.784. The first-order valence-corrected chi connectivity index (χ1v) is 9.00. The van der Waals surface area contributed by atoms with E-state index >= 15 is 0 Å². The van der Waals surface area contributed by atoms with Crippen molar-refractivity contribution < 1.29 is 4.74 Å². The molecule has 2 nitrogen and oxygen atoms in total. The molecule has 0 bridgehead atoms. The minimum Gasteiger partial charge on any atom is -0.493 e. The molecule has 0 spiro atoms. The summed E-state index contributed by atoms with van der Waals surface area (Å²) < 4.78 is 8.60.